The monoisotopic (exact) mass is 319 g/mol. The average molecular weight is 320 g/mol. The highest BCUT2D eigenvalue weighted by atomic mass is 79.9. The Balaban J connectivity index is 2.26. The van der Waals surface area contributed by atoms with E-state index in [1.165, 1.54) is 0 Å². The third kappa shape index (κ3) is 3.89. The van der Waals surface area contributed by atoms with E-state index in [9.17, 15) is 4.79 Å². The number of aromatic nitrogens is 1. The van der Waals surface area contributed by atoms with Gasteiger partial charge in [-0.2, -0.15) is 0 Å². The number of carbonyl (C=O) groups is 1. The van der Waals surface area contributed by atoms with E-state index in [2.05, 4.69) is 20.9 Å². The van der Waals surface area contributed by atoms with E-state index >= 15 is 0 Å². The fourth-order valence-corrected chi connectivity index (χ4v) is 2.72. The molecule has 0 aliphatic heterocycles. The normalized spacial score (nSPS) is 12.1. The molecule has 3 nitrogen and oxygen atoms in total. The van der Waals surface area contributed by atoms with Crippen molar-refractivity contribution in [2.24, 2.45) is 0 Å². The quantitative estimate of drug-likeness (QED) is 0.915. The Morgan fingerprint density at radius 2 is 1.89 bits per heavy atom. The van der Waals surface area contributed by atoms with Gasteiger partial charge in [-0.25, -0.2) is 0 Å². The number of aliphatic carboxylic acids is 1. The molecule has 98 valence electrons. The van der Waals surface area contributed by atoms with Crippen molar-refractivity contribution in [3.8, 4) is 0 Å². The van der Waals surface area contributed by atoms with Gasteiger partial charge < -0.3 is 5.11 Å². The highest BCUT2D eigenvalue weighted by molar-refractivity contribution is 9.10. The topological polar surface area (TPSA) is 50.2 Å². The summed E-state index contributed by atoms with van der Waals surface area (Å²) in [5, 5.41) is 9.09. The lowest BCUT2D eigenvalue weighted by molar-refractivity contribution is -0.137. The summed E-state index contributed by atoms with van der Waals surface area (Å²) in [6, 6.07) is 11.6. The van der Waals surface area contributed by atoms with E-state index in [-0.39, 0.29) is 12.3 Å². The second-order valence-corrected chi connectivity index (χ2v) is 5.23. The minimum Gasteiger partial charge on any atom is -0.481 e. The van der Waals surface area contributed by atoms with Crippen LogP contribution in [0.2, 0.25) is 0 Å². The van der Waals surface area contributed by atoms with Gasteiger partial charge in [-0.05, 0) is 41.7 Å². The number of benzene rings is 1. The van der Waals surface area contributed by atoms with Crippen molar-refractivity contribution < 1.29 is 9.90 Å². The molecule has 0 radical (unpaired) electrons. The third-order valence-electron chi connectivity index (χ3n) is 3.00. The maximum Gasteiger partial charge on any atom is 0.303 e. The molecule has 2 aromatic rings. The molecule has 1 aromatic heterocycles. The van der Waals surface area contributed by atoms with Crippen LogP contribution in [0.3, 0.4) is 0 Å². The first-order valence-electron chi connectivity index (χ1n) is 6.02. The van der Waals surface area contributed by atoms with Crippen LogP contribution in [0.25, 0.3) is 0 Å². The predicted molar refractivity (Wildman–Crippen MR) is 77.1 cm³/mol. The summed E-state index contributed by atoms with van der Waals surface area (Å²) >= 11 is 3.49. The summed E-state index contributed by atoms with van der Waals surface area (Å²) in [5.41, 5.74) is 2.12. The van der Waals surface area contributed by atoms with Crippen LogP contribution in [0.5, 0.6) is 0 Å². The lowest BCUT2D eigenvalue weighted by Crippen LogP contribution is -2.10. The number of carboxylic acid groups (broad SMARTS) is 1. The molecule has 0 fully saturated rings. The summed E-state index contributed by atoms with van der Waals surface area (Å²) in [7, 11) is 0. The molecule has 2 rings (SSSR count). The molecule has 4 heteroatoms. The fraction of sp³-hybridized carbons (Fsp3) is 0.200. The number of nitrogens with zero attached hydrogens (tertiary/aromatic N) is 1. The SMILES string of the molecule is O=C(O)CC(Cc1ccncc1)c1ccccc1Br. The molecule has 0 saturated heterocycles. The van der Waals surface area contributed by atoms with Crippen molar-refractivity contribution in [1.29, 1.82) is 0 Å². The van der Waals surface area contributed by atoms with Crippen molar-refractivity contribution in [1.82, 2.24) is 4.98 Å². The summed E-state index contributed by atoms with van der Waals surface area (Å²) in [6.45, 7) is 0. The second kappa shape index (κ2) is 6.48. The maximum atomic E-state index is 11.1. The number of carboxylic acids is 1. The van der Waals surface area contributed by atoms with Gasteiger partial charge in [-0.3, -0.25) is 9.78 Å². The van der Waals surface area contributed by atoms with Gasteiger partial charge >= 0.3 is 5.97 Å². The van der Waals surface area contributed by atoms with Gasteiger partial charge in [0.25, 0.3) is 0 Å². The van der Waals surface area contributed by atoms with Crippen LogP contribution in [-0.4, -0.2) is 16.1 Å². The lowest BCUT2D eigenvalue weighted by Gasteiger charge is -2.17. The Hall–Kier alpha value is -1.68. The molecule has 1 N–H and O–H groups in total. The van der Waals surface area contributed by atoms with Gasteiger partial charge in [0.1, 0.15) is 0 Å². The average Bonchev–Trinajstić information content (AvgIpc) is 2.39. The molecule has 1 aromatic carbocycles. The zero-order valence-electron chi connectivity index (χ0n) is 10.3. The molecule has 0 bridgehead atoms. The first-order valence-corrected chi connectivity index (χ1v) is 6.81. The Morgan fingerprint density at radius 1 is 1.21 bits per heavy atom. The zero-order valence-corrected chi connectivity index (χ0v) is 11.9. The minimum absolute atomic E-state index is 0.0459. The smallest absolute Gasteiger partial charge is 0.303 e. The molecule has 0 aliphatic carbocycles. The van der Waals surface area contributed by atoms with Gasteiger partial charge in [0.15, 0.2) is 0 Å². The fourth-order valence-electron chi connectivity index (χ4n) is 2.11. The summed E-state index contributed by atoms with van der Waals surface area (Å²) < 4.78 is 0.954. The number of halogens is 1. The van der Waals surface area contributed by atoms with Gasteiger partial charge in [-0.1, -0.05) is 34.1 Å². The lowest BCUT2D eigenvalue weighted by atomic mass is 9.89. The summed E-state index contributed by atoms with van der Waals surface area (Å²) in [5.74, 6) is -0.828. The van der Waals surface area contributed by atoms with Crippen LogP contribution in [0.15, 0.2) is 53.3 Å². The number of rotatable bonds is 5. The van der Waals surface area contributed by atoms with Gasteiger partial charge in [0.2, 0.25) is 0 Å². The molecule has 1 atom stereocenters. The maximum absolute atomic E-state index is 11.1. The molecule has 1 heterocycles. The Bertz CT molecular complexity index is 557. The largest absolute Gasteiger partial charge is 0.481 e. The van der Waals surface area contributed by atoms with Gasteiger partial charge in [-0.15, -0.1) is 0 Å². The van der Waals surface area contributed by atoms with Crippen LogP contribution >= 0.6 is 15.9 Å². The van der Waals surface area contributed by atoms with E-state index in [0.717, 1.165) is 15.6 Å². The van der Waals surface area contributed by atoms with Crippen molar-refractivity contribution in [3.63, 3.8) is 0 Å². The summed E-state index contributed by atoms with van der Waals surface area (Å²) in [6.07, 6.45) is 4.27. The zero-order chi connectivity index (χ0) is 13.7. The van der Waals surface area contributed by atoms with Crippen LogP contribution in [0, 0.1) is 0 Å². The van der Waals surface area contributed by atoms with Crippen molar-refractivity contribution >= 4 is 21.9 Å². The molecule has 0 spiro atoms. The van der Waals surface area contributed by atoms with Crippen LogP contribution in [0.1, 0.15) is 23.5 Å². The van der Waals surface area contributed by atoms with Gasteiger partial charge in [0, 0.05) is 16.9 Å². The molecule has 0 saturated carbocycles. The minimum atomic E-state index is -0.783. The molecule has 0 amide bonds. The van der Waals surface area contributed by atoms with Crippen LogP contribution < -0.4 is 0 Å². The summed E-state index contributed by atoms with van der Waals surface area (Å²) in [4.78, 5) is 15.0. The molecular formula is C15H14BrNO2. The Kier molecular flexibility index (Phi) is 4.68. The number of hydrogen-bond donors (Lipinski definition) is 1. The van der Waals surface area contributed by atoms with E-state index in [4.69, 9.17) is 5.11 Å². The van der Waals surface area contributed by atoms with Crippen molar-refractivity contribution in [2.75, 3.05) is 0 Å². The van der Waals surface area contributed by atoms with Crippen LogP contribution in [0.4, 0.5) is 0 Å². The van der Waals surface area contributed by atoms with E-state index in [0.29, 0.717) is 6.42 Å². The van der Waals surface area contributed by atoms with Crippen molar-refractivity contribution in [3.05, 3.63) is 64.4 Å². The first kappa shape index (κ1) is 13.7. The highest BCUT2D eigenvalue weighted by Crippen LogP contribution is 2.30. The molecular weight excluding hydrogens is 306 g/mol. The molecule has 19 heavy (non-hydrogen) atoms. The molecule has 0 aliphatic rings. The Morgan fingerprint density at radius 3 is 2.53 bits per heavy atom. The standard InChI is InChI=1S/C15H14BrNO2/c16-14-4-2-1-3-13(14)12(10-15(18)19)9-11-5-7-17-8-6-11/h1-8,12H,9-10H2,(H,18,19). The van der Waals surface area contributed by atoms with Crippen molar-refractivity contribution in [2.45, 2.75) is 18.8 Å². The van der Waals surface area contributed by atoms with E-state index in [1.54, 1.807) is 12.4 Å². The van der Waals surface area contributed by atoms with E-state index < -0.39 is 5.97 Å². The third-order valence-corrected chi connectivity index (χ3v) is 3.72. The second-order valence-electron chi connectivity index (χ2n) is 4.38. The van der Waals surface area contributed by atoms with E-state index in [1.807, 2.05) is 36.4 Å². The van der Waals surface area contributed by atoms with Gasteiger partial charge in [0.05, 0.1) is 6.42 Å². The number of pyridine rings is 1. The first-order chi connectivity index (χ1) is 9.16. The predicted octanol–water partition coefficient (Wildman–Crippen LogP) is 3.65. The number of hydrogen-bond acceptors (Lipinski definition) is 2. The van der Waals surface area contributed by atoms with Crippen LogP contribution in [-0.2, 0) is 11.2 Å². The molecule has 1 unspecified atom stereocenters. The Labute approximate surface area is 120 Å². The highest BCUT2D eigenvalue weighted by Gasteiger charge is 2.18.